The lowest BCUT2D eigenvalue weighted by Crippen LogP contribution is -2.55. The average Bonchev–Trinajstić information content (AvgIpc) is 3.88. The van der Waals surface area contributed by atoms with E-state index < -0.39 is 0 Å². The van der Waals surface area contributed by atoms with Crippen LogP contribution in [0.3, 0.4) is 0 Å². The fraction of sp³-hybridized carbons (Fsp3) is 0.228. The predicted molar refractivity (Wildman–Crippen MR) is 244 cm³/mol. The second-order valence-electron chi connectivity index (χ2n) is 19.3. The van der Waals surface area contributed by atoms with E-state index in [2.05, 4.69) is 153 Å². The van der Waals surface area contributed by atoms with Crippen molar-refractivity contribution in [2.24, 2.45) is 23.7 Å². The van der Waals surface area contributed by atoms with Crippen molar-refractivity contribution in [3.05, 3.63) is 168 Å². The van der Waals surface area contributed by atoms with Crippen LogP contribution in [-0.2, 0) is 10.8 Å². The van der Waals surface area contributed by atoms with Crippen LogP contribution >= 0.6 is 0 Å². The van der Waals surface area contributed by atoms with Crippen LogP contribution in [0.2, 0.25) is 0 Å². The fourth-order valence-corrected chi connectivity index (χ4v) is 13.9. The van der Waals surface area contributed by atoms with Gasteiger partial charge in [-0.1, -0.05) is 141 Å². The normalized spacial score (nSPS) is 23.7. The number of benzene rings is 7. The molecule has 3 heteroatoms. The van der Waals surface area contributed by atoms with Crippen molar-refractivity contribution in [1.82, 2.24) is 9.97 Å². The molecule has 6 aliphatic carbocycles. The number of hydrogen-bond acceptors (Lipinski definition) is 3. The number of nitrogens with zero attached hydrogens (tertiary/aromatic N) is 2. The molecule has 2 heterocycles. The van der Waals surface area contributed by atoms with Crippen LogP contribution in [0.15, 0.2) is 150 Å². The molecule has 6 aliphatic rings. The van der Waals surface area contributed by atoms with Gasteiger partial charge in [0.2, 0.25) is 5.71 Å². The Balaban J connectivity index is 1.10. The van der Waals surface area contributed by atoms with Crippen LogP contribution < -0.4 is 0 Å². The highest BCUT2D eigenvalue weighted by atomic mass is 16.3. The minimum absolute atomic E-state index is 0.0121. The van der Waals surface area contributed by atoms with E-state index in [1.54, 1.807) is 0 Å². The Morgan fingerprint density at radius 2 is 1.17 bits per heavy atom. The van der Waals surface area contributed by atoms with E-state index in [1.165, 1.54) is 98.5 Å². The molecule has 0 N–H and O–H groups in total. The molecule has 2 aromatic heterocycles. The van der Waals surface area contributed by atoms with E-state index in [4.69, 9.17) is 14.4 Å². The highest BCUT2D eigenvalue weighted by Gasteiger charge is 2.62. The second-order valence-corrected chi connectivity index (χ2v) is 19.3. The van der Waals surface area contributed by atoms with Gasteiger partial charge in [-0.3, -0.25) is 0 Å². The van der Waals surface area contributed by atoms with Crippen molar-refractivity contribution in [2.75, 3.05) is 0 Å². The lowest BCUT2D eigenvalue weighted by atomic mass is 9.43. The van der Waals surface area contributed by atoms with Gasteiger partial charge in [-0.05, 0) is 140 Å². The zero-order chi connectivity index (χ0) is 39.5. The molecule has 0 radical (unpaired) electrons. The third-order valence-corrected chi connectivity index (χ3v) is 16.1. The molecule has 60 heavy (non-hydrogen) atoms. The maximum atomic E-state index is 6.76. The molecule has 15 rings (SSSR count). The summed E-state index contributed by atoms with van der Waals surface area (Å²) in [5.41, 5.74) is 18.0. The molecular weight excluding hydrogens is 729 g/mol. The smallest absolute Gasteiger partial charge is 0.231 e. The Kier molecular flexibility index (Phi) is 6.53. The molecule has 1 spiro atoms. The first kappa shape index (κ1) is 33.5. The largest absolute Gasteiger partial charge is 0.438 e. The Bertz CT molecular complexity index is 3300. The molecule has 4 bridgehead atoms. The van der Waals surface area contributed by atoms with Crippen LogP contribution in [-0.4, -0.2) is 9.97 Å². The SMILES string of the molecule is CC1(C)c2ccccc2-c2cc(-c3ccc4c(c3-c3nc(-c5ccc6ccccc6c5)c5c(n3)oc3ccccc35)-c3ccccc3C43C4CC5CC(C4)CC3C5)ccc21. The van der Waals surface area contributed by atoms with Gasteiger partial charge in [0, 0.05) is 27.3 Å². The summed E-state index contributed by atoms with van der Waals surface area (Å²) < 4.78 is 6.76. The van der Waals surface area contributed by atoms with Crippen molar-refractivity contribution < 1.29 is 4.42 Å². The average molecular weight is 773 g/mol. The Hall–Kier alpha value is -6.32. The maximum absolute atomic E-state index is 6.76. The number of furan rings is 1. The van der Waals surface area contributed by atoms with Gasteiger partial charge in [0.25, 0.3) is 0 Å². The summed E-state index contributed by atoms with van der Waals surface area (Å²) in [6.45, 7) is 4.73. The summed E-state index contributed by atoms with van der Waals surface area (Å²) in [6.07, 6.45) is 6.79. The van der Waals surface area contributed by atoms with E-state index in [9.17, 15) is 0 Å². The minimum Gasteiger partial charge on any atom is -0.438 e. The van der Waals surface area contributed by atoms with Crippen LogP contribution in [0.1, 0.15) is 68.2 Å². The topological polar surface area (TPSA) is 38.9 Å². The molecule has 0 atom stereocenters. The molecule has 0 aliphatic heterocycles. The van der Waals surface area contributed by atoms with Gasteiger partial charge in [-0.15, -0.1) is 0 Å². The molecule has 4 fully saturated rings. The third kappa shape index (κ3) is 4.25. The number of rotatable bonds is 3. The summed E-state index contributed by atoms with van der Waals surface area (Å²) in [5, 5.41) is 4.41. The summed E-state index contributed by atoms with van der Waals surface area (Å²) >= 11 is 0. The minimum atomic E-state index is -0.0692. The van der Waals surface area contributed by atoms with E-state index in [0.29, 0.717) is 17.5 Å². The van der Waals surface area contributed by atoms with Gasteiger partial charge >= 0.3 is 0 Å². The molecule has 0 amide bonds. The Morgan fingerprint density at radius 3 is 2.00 bits per heavy atom. The number of para-hydroxylation sites is 1. The standard InChI is InChI=1S/C57H44N2O/c1-56(2)45-16-8-5-13-41(45)44-31-36(21-23-46(44)56)40-22-24-48-50(42-14-6-9-17-47(42)57(48)38-26-32-25-33(28-38)29-39(57)27-32)51(40)54-58-53(37-20-19-34-11-3-4-12-35(34)30-37)52-43-15-7-10-18-49(43)60-55(52)59-54/h3-24,30-33,38-39H,25-29H2,1-2H3. The highest BCUT2D eigenvalue weighted by molar-refractivity contribution is 6.12. The number of hydrogen-bond donors (Lipinski definition) is 0. The second kappa shape index (κ2) is 11.7. The van der Waals surface area contributed by atoms with E-state index >= 15 is 0 Å². The molecular formula is C57H44N2O. The van der Waals surface area contributed by atoms with Crippen molar-refractivity contribution in [3.63, 3.8) is 0 Å². The van der Waals surface area contributed by atoms with Crippen LogP contribution in [0.5, 0.6) is 0 Å². The first-order valence-corrected chi connectivity index (χ1v) is 22.2. The zero-order valence-electron chi connectivity index (χ0n) is 34.0. The van der Waals surface area contributed by atoms with Crippen molar-refractivity contribution in [2.45, 2.75) is 56.8 Å². The summed E-state index contributed by atoms with van der Waals surface area (Å²) in [6, 6.07) is 54.3. The van der Waals surface area contributed by atoms with E-state index in [-0.39, 0.29) is 10.8 Å². The van der Waals surface area contributed by atoms with Crippen molar-refractivity contribution >= 4 is 32.8 Å². The van der Waals surface area contributed by atoms with Gasteiger partial charge in [-0.25, -0.2) is 4.98 Å². The van der Waals surface area contributed by atoms with E-state index in [0.717, 1.165) is 50.8 Å². The lowest BCUT2D eigenvalue weighted by molar-refractivity contribution is -0.0399. The molecule has 3 nitrogen and oxygen atoms in total. The lowest BCUT2D eigenvalue weighted by Gasteiger charge is -2.61. The van der Waals surface area contributed by atoms with Crippen LogP contribution in [0, 0.1) is 23.7 Å². The first-order valence-electron chi connectivity index (χ1n) is 22.2. The maximum Gasteiger partial charge on any atom is 0.231 e. The molecule has 288 valence electrons. The Labute approximate surface area is 350 Å². The molecule has 7 aromatic carbocycles. The Morgan fingerprint density at radius 1 is 0.500 bits per heavy atom. The van der Waals surface area contributed by atoms with E-state index in [1.807, 2.05) is 6.07 Å². The highest BCUT2D eigenvalue weighted by Crippen LogP contribution is 2.70. The van der Waals surface area contributed by atoms with Gasteiger partial charge in [0.1, 0.15) is 5.58 Å². The third-order valence-electron chi connectivity index (χ3n) is 16.1. The zero-order valence-corrected chi connectivity index (χ0v) is 34.0. The molecule has 9 aromatic rings. The first-order chi connectivity index (χ1) is 29.4. The van der Waals surface area contributed by atoms with Gasteiger partial charge in [-0.2, -0.15) is 4.98 Å². The van der Waals surface area contributed by atoms with Gasteiger partial charge in [0.15, 0.2) is 5.82 Å². The molecule has 4 saturated carbocycles. The van der Waals surface area contributed by atoms with Crippen molar-refractivity contribution in [1.29, 1.82) is 0 Å². The molecule has 0 saturated heterocycles. The number of fused-ring (bicyclic) bond motifs is 10. The van der Waals surface area contributed by atoms with Crippen molar-refractivity contribution in [3.8, 4) is 56.0 Å². The van der Waals surface area contributed by atoms with Gasteiger partial charge in [0.05, 0.1) is 11.1 Å². The fourth-order valence-electron chi connectivity index (χ4n) is 13.9. The van der Waals surface area contributed by atoms with Crippen LogP contribution in [0.4, 0.5) is 0 Å². The molecule has 0 unspecified atom stereocenters. The summed E-state index contributed by atoms with van der Waals surface area (Å²) in [4.78, 5) is 11.3. The van der Waals surface area contributed by atoms with Gasteiger partial charge < -0.3 is 4.42 Å². The monoisotopic (exact) mass is 772 g/mol. The quantitative estimate of drug-likeness (QED) is 0.180. The predicted octanol–water partition coefficient (Wildman–Crippen LogP) is 14.6. The van der Waals surface area contributed by atoms with Crippen LogP contribution in [0.25, 0.3) is 88.9 Å². The summed E-state index contributed by atoms with van der Waals surface area (Å²) in [5.74, 6) is 3.78. The summed E-state index contributed by atoms with van der Waals surface area (Å²) in [7, 11) is 0. The number of aromatic nitrogens is 2.